The maximum absolute atomic E-state index is 13.7. The first-order valence-corrected chi connectivity index (χ1v) is 13.8. The zero-order valence-corrected chi connectivity index (χ0v) is 23.7. The van der Waals surface area contributed by atoms with Crippen LogP contribution in [0.1, 0.15) is 34.4 Å². The number of rotatable bonds is 9. The standard InChI is InChI=1S/C31H24Cl4FN2O/c32-24-9-6-23(28(34)16-24)19-39-30(27-13-10-25(33)17-29(27)35)18-37-14-15-38(20-37)31(21-4-2-1-3-5-21)22-7-11-26(36)12-8-22/h1-17,20,30-31H,18-19H2/q+1. The molecule has 0 aliphatic heterocycles. The van der Waals surface area contributed by atoms with Crippen LogP contribution in [0, 0.1) is 5.82 Å². The van der Waals surface area contributed by atoms with E-state index in [1.54, 1.807) is 24.3 Å². The van der Waals surface area contributed by atoms with E-state index in [0.717, 1.165) is 22.3 Å². The van der Waals surface area contributed by atoms with E-state index in [1.165, 1.54) is 12.1 Å². The summed E-state index contributed by atoms with van der Waals surface area (Å²) in [5.74, 6) is -0.270. The van der Waals surface area contributed by atoms with Gasteiger partial charge in [0.1, 0.15) is 30.9 Å². The summed E-state index contributed by atoms with van der Waals surface area (Å²) in [4.78, 5) is 0. The zero-order chi connectivity index (χ0) is 27.4. The Labute approximate surface area is 246 Å². The largest absolute Gasteiger partial charge is 0.365 e. The zero-order valence-electron chi connectivity index (χ0n) is 20.7. The molecule has 0 N–H and O–H groups in total. The lowest BCUT2D eigenvalue weighted by Gasteiger charge is -2.19. The molecule has 0 amide bonds. The highest BCUT2D eigenvalue weighted by molar-refractivity contribution is 6.35. The quantitative estimate of drug-likeness (QED) is 0.154. The van der Waals surface area contributed by atoms with E-state index in [9.17, 15) is 4.39 Å². The highest BCUT2D eigenvalue weighted by Gasteiger charge is 2.24. The third-order valence-corrected chi connectivity index (χ3v) is 7.60. The van der Waals surface area contributed by atoms with Gasteiger partial charge in [-0.05, 0) is 42.0 Å². The molecule has 0 saturated carbocycles. The van der Waals surface area contributed by atoms with E-state index in [4.69, 9.17) is 51.1 Å². The summed E-state index contributed by atoms with van der Waals surface area (Å²) in [6.45, 7) is 0.744. The molecule has 0 aliphatic carbocycles. The summed E-state index contributed by atoms with van der Waals surface area (Å²) in [7, 11) is 0. The Bertz CT molecular complexity index is 1560. The summed E-state index contributed by atoms with van der Waals surface area (Å²) >= 11 is 25.2. The third kappa shape index (κ3) is 6.84. The van der Waals surface area contributed by atoms with E-state index in [0.29, 0.717) is 26.6 Å². The number of ether oxygens (including phenoxy) is 1. The molecule has 0 radical (unpaired) electrons. The van der Waals surface area contributed by atoms with Crippen molar-refractivity contribution in [2.24, 2.45) is 0 Å². The van der Waals surface area contributed by atoms with E-state index in [1.807, 2.05) is 65.8 Å². The minimum Gasteiger partial charge on any atom is -0.365 e. The Morgan fingerprint density at radius 3 is 2.13 bits per heavy atom. The summed E-state index contributed by atoms with van der Waals surface area (Å²) in [6, 6.07) is 27.3. The lowest BCUT2D eigenvalue weighted by molar-refractivity contribution is -0.705. The molecule has 0 aliphatic rings. The van der Waals surface area contributed by atoms with Crippen LogP contribution in [0.5, 0.6) is 0 Å². The maximum Gasteiger partial charge on any atom is 0.244 e. The van der Waals surface area contributed by atoms with Crippen LogP contribution in [0.4, 0.5) is 4.39 Å². The second kappa shape index (κ2) is 12.5. The molecule has 39 heavy (non-hydrogen) atoms. The molecule has 0 spiro atoms. The van der Waals surface area contributed by atoms with Gasteiger partial charge in [-0.25, -0.2) is 13.5 Å². The van der Waals surface area contributed by atoms with Crippen molar-refractivity contribution >= 4 is 46.4 Å². The lowest BCUT2D eigenvalue weighted by Crippen LogP contribution is -2.36. The Hall–Kier alpha value is -2.86. The van der Waals surface area contributed by atoms with Crippen LogP contribution < -0.4 is 4.57 Å². The van der Waals surface area contributed by atoms with Gasteiger partial charge in [-0.2, -0.15) is 0 Å². The van der Waals surface area contributed by atoms with Gasteiger partial charge in [0.25, 0.3) is 0 Å². The maximum atomic E-state index is 13.7. The van der Waals surface area contributed by atoms with Crippen molar-refractivity contribution in [1.29, 1.82) is 0 Å². The predicted molar refractivity (Wildman–Crippen MR) is 155 cm³/mol. The fraction of sp³-hybridized carbons (Fsp3) is 0.129. The van der Waals surface area contributed by atoms with Crippen molar-refractivity contribution in [1.82, 2.24) is 4.57 Å². The first-order valence-electron chi connectivity index (χ1n) is 12.2. The fourth-order valence-electron chi connectivity index (χ4n) is 4.51. The molecule has 5 rings (SSSR count). The molecule has 5 aromatic rings. The van der Waals surface area contributed by atoms with Crippen LogP contribution in [-0.4, -0.2) is 4.57 Å². The van der Waals surface area contributed by atoms with Gasteiger partial charge in [0.05, 0.1) is 6.61 Å². The molecule has 0 bridgehead atoms. The van der Waals surface area contributed by atoms with Crippen molar-refractivity contribution in [3.8, 4) is 0 Å². The van der Waals surface area contributed by atoms with Crippen LogP contribution in [0.25, 0.3) is 0 Å². The van der Waals surface area contributed by atoms with Crippen LogP contribution >= 0.6 is 46.4 Å². The van der Waals surface area contributed by atoms with E-state index in [-0.39, 0.29) is 18.5 Å². The SMILES string of the molecule is Fc1ccc(C(c2ccccc2)n2cc[n+](CC(OCc3ccc(Cl)cc3Cl)c3ccc(Cl)cc3Cl)c2)cc1. The smallest absolute Gasteiger partial charge is 0.244 e. The highest BCUT2D eigenvalue weighted by atomic mass is 35.5. The third-order valence-electron chi connectivity index (χ3n) is 6.45. The molecular formula is C31H24Cl4FN2O+. The van der Waals surface area contributed by atoms with Crippen molar-refractivity contribution in [2.45, 2.75) is 25.3 Å². The Kier molecular flexibility index (Phi) is 8.91. The predicted octanol–water partition coefficient (Wildman–Crippen LogP) is 9.12. The molecular weight excluding hydrogens is 577 g/mol. The molecule has 8 heteroatoms. The molecule has 0 fully saturated rings. The molecule has 4 aromatic carbocycles. The summed E-state index contributed by atoms with van der Waals surface area (Å²) < 4.78 is 24.2. The average molecular weight is 601 g/mol. The first-order chi connectivity index (χ1) is 18.9. The van der Waals surface area contributed by atoms with Gasteiger partial charge in [0.15, 0.2) is 6.04 Å². The highest BCUT2D eigenvalue weighted by Crippen LogP contribution is 2.31. The number of hydrogen-bond donors (Lipinski definition) is 0. The van der Waals surface area contributed by atoms with E-state index < -0.39 is 6.10 Å². The van der Waals surface area contributed by atoms with Crippen molar-refractivity contribution in [2.75, 3.05) is 0 Å². The van der Waals surface area contributed by atoms with Gasteiger partial charge in [0.2, 0.25) is 6.33 Å². The number of halogens is 5. The number of nitrogens with zero attached hydrogens (tertiary/aromatic N) is 2. The van der Waals surface area contributed by atoms with Gasteiger partial charge in [-0.3, -0.25) is 0 Å². The van der Waals surface area contributed by atoms with Crippen molar-refractivity contribution in [3.63, 3.8) is 0 Å². The van der Waals surface area contributed by atoms with E-state index in [2.05, 4.69) is 16.7 Å². The van der Waals surface area contributed by atoms with Gasteiger partial charge in [0, 0.05) is 36.8 Å². The van der Waals surface area contributed by atoms with Gasteiger partial charge >= 0.3 is 0 Å². The fourth-order valence-corrected chi connectivity index (χ4v) is 5.51. The van der Waals surface area contributed by atoms with E-state index >= 15 is 0 Å². The molecule has 1 aromatic heterocycles. The molecule has 1 heterocycles. The number of hydrogen-bond acceptors (Lipinski definition) is 1. The van der Waals surface area contributed by atoms with Crippen molar-refractivity contribution < 1.29 is 13.7 Å². The molecule has 3 nitrogen and oxygen atoms in total. The lowest BCUT2D eigenvalue weighted by atomic mass is 9.98. The molecule has 2 atom stereocenters. The van der Waals surface area contributed by atoms with Crippen molar-refractivity contribution in [3.05, 3.63) is 158 Å². The van der Waals surface area contributed by atoms with Crippen LogP contribution in [0.3, 0.4) is 0 Å². The van der Waals surface area contributed by atoms with Gasteiger partial charge in [-0.1, -0.05) is 101 Å². The summed E-state index contributed by atoms with van der Waals surface area (Å²) in [6.07, 6.45) is 5.59. The first kappa shape index (κ1) is 27.7. The normalized spacial score (nSPS) is 12.8. The molecule has 2 unspecified atom stereocenters. The minimum absolute atomic E-state index is 0.139. The topological polar surface area (TPSA) is 18.0 Å². The number of imidazole rings is 1. The Morgan fingerprint density at radius 1 is 0.769 bits per heavy atom. The minimum atomic E-state index is -0.400. The van der Waals surface area contributed by atoms with Crippen LogP contribution in [-0.2, 0) is 17.9 Å². The number of aromatic nitrogens is 2. The summed E-state index contributed by atoms with van der Waals surface area (Å²) in [5, 5.41) is 2.16. The summed E-state index contributed by atoms with van der Waals surface area (Å²) in [5.41, 5.74) is 3.68. The Morgan fingerprint density at radius 2 is 1.44 bits per heavy atom. The molecule has 198 valence electrons. The van der Waals surface area contributed by atoms with Gasteiger partial charge < -0.3 is 4.74 Å². The molecule has 0 saturated heterocycles. The van der Waals surface area contributed by atoms with Crippen LogP contribution in [0.15, 0.2) is 110 Å². The average Bonchev–Trinajstić information content (AvgIpc) is 3.37. The second-order valence-electron chi connectivity index (χ2n) is 9.12. The monoisotopic (exact) mass is 599 g/mol. The second-order valence-corrected chi connectivity index (χ2v) is 10.8. The Balaban J connectivity index is 1.45. The van der Waals surface area contributed by atoms with Crippen LogP contribution in [0.2, 0.25) is 20.1 Å². The number of benzene rings is 4. The van der Waals surface area contributed by atoms with Gasteiger partial charge in [-0.15, -0.1) is 0 Å².